The molecule has 3 amide bonds. The Morgan fingerprint density at radius 3 is 2.39 bits per heavy atom. The van der Waals surface area contributed by atoms with Gasteiger partial charge in [-0.15, -0.1) is 32.9 Å². The van der Waals surface area contributed by atoms with Crippen LogP contribution < -0.4 is 16.0 Å². The van der Waals surface area contributed by atoms with E-state index in [0.29, 0.717) is 47.4 Å². The van der Waals surface area contributed by atoms with Crippen molar-refractivity contribution in [2.24, 2.45) is 10.4 Å². The van der Waals surface area contributed by atoms with Crippen LogP contribution >= 0.6 is 34.3 Å². The predicted octanol–water partition coefficient (Wildman–Crippen LogP) is 9.07. The number of likely N-dealkylation sites (tertiary alicyclic amines) is 1. The van der Waals surface area contributed by atoms with Crippen LogP contribution in [0.5, 0.6) is 0 Å². The molecule has 71 heavy (non-hydrogen) atoms. The van der Waals surface area contributed by atoms with E-state index >= 15 is 0 Å². The number of aliphatic hydroxyl groups excluding tert-OH is 1. The molecule has 14 nitrogen and oxygen atoms in total. The van der Waals surface area contributed by atoms with Gasteiger partial charge < -0.3 is 30.4 Å². The number of hydrogen-bond donors (Lipinski definition) is 4. The molecule has 1 fully saturated rings. The summed E-state index contributed by atoms with van der Waals surface area (Å²) in [5, 5.41) is 31.6. The second kappa shape index (κ2) is 20.3. The molecule has 0 saturated carbocycles. The lowest BCUT2D eigenvalue weighted by molar-refractivity contribution is -0.125. The van der Waals surface area contributed by atoms with Crippen LogP contribution in [-0.4, -0.2) is 84.5 Å². The van der Waals surface area contributed by atoms with Gasteiger partial charge in [0.25, 0.3) is 0 Å². The second-order valence-electron chi connectivity index (χ2n) is 19.6. The number of aliphatic hydroxyl groups is 1. The highest BCUT2D eigenvalue weighted by molar-refractivity contribution is 7.15. The highest BCUT2D eigenvalue weighted by Crippen LogP contribution is 2.40. The summed E-state index contributed by atoms with van der Waals surface area (Å²) < 4.78 is 8.28. The first kappa shape index (κ1) is 49.5. The number of fused-ring (bicyclic) bond motifs is 4. The number of β-amino-alcohol motifs (C(OH)–C–C–N with tert-alkyl or cyclic N) is 1. The van der Waals surface area contributed by atoms with Crippen molar-refractivity contribution in [1.82, 2.24) is 40.6 Å². The Kier molecular flexibility index (Phi) is 14.2. The van der Waals surface area contributed by atoms with Gasteiger partial charge in [-0.3, -0.25) is 23.9 Å². The lowest BCUT2D eigenvalue weighted by Gasteiger charge is -2.39. The third kappa shape index (κ3) is 10.6. The number of benzene rings is 3. The van der Waals surface area contributed by atoms with Crippen molar-refractivity contribution in [2.45, 2.75) is 105 Å². The fraction of sp³-hybridized carbons (Fsp3) is 0.352. The van der Waals surface area contributed by atoms with Crippen molar-refractivity contribution >= 4 is 68.7 Å². The number of aromatic nitrogens is 4. The van der Waals surface area contributed by atoms with Crippen LogP contribution in [0.3, 0.4) is 0 Å². The number of furan rings is 1. The molecular formula is C54H58ClN9O5S2. The summed E-state index contributed by atoms with van der Waals surface area (Å²) in [5.41, 5.74) is 10.2. The van der Waals surface area contributed by atoms with Gasteiger partial charge in [0.05, 0.1) is 46.8 Å². The summed E-state index contributed by atoms with van der Waals surface area (Å²) >= 11 is 9.53. The van der Waals surface area contributed by atoms with Gasteiger partial charge in [0.2, 0.25) is 17.7 Å². The fourth-order valence-corrected chi connectivity index (χ4v) is 11.6. The van der Waals surface area contributed by atoms with Gasteiger partial charge in [0, 0.05) is 64.6 Å². The minimum Gasteiger partial charge on any atom is -0.461 e. The summed E-state index contributed by atoms with van der Waals surface area (Å²) in [5.74, 6) is 1.42. The minimum absolute atomic E-state index is 0.0674. The minimum atomic E-state index is -0.726. The Morgan fingerprint density at radius 1 is 0.944 bits per heavy atom. The lowest BCUT2D eigenvalue weighted by atomic mass is 9.84. The first-order valence-electron chi connectivity index (χ1n) is 23.8. The number of rotatable bonds is 15. The molecular weight excluding hydrogens is 954 g/mol. The SMILES string of the molecule is C=C([C@@H](NC(=O)Cc1ccc2cc(CCNC(=O)C[C@@H]3N=C(c4ccc(Cl)cc4)c4c(sc(C)c4C)-n4c(C)nnc43)oc2c1)C(C)(C)C)N1C[C@H](O)C[C@H]1C(=O)NCc1ccc(-c2scnc2C)cc1. The van der Waals surface area contributed by atoms with E-state index in [4.69, 9.17) is 21.0 Å². The smallest absolute Gasteiger partial charge is 0.243 e. The Morgan fingerprint density at radius 2 is 1.68 bits per heavy atom. The zero-order chi connectivity index (χ0) is 50.3. The van der Waals surface area contributed by atoms with E-state index in [0.717, 1.165) is 65.9 Å². The molecule has 9 rings (SSSR count). The number of carbonyl (C=O) groups is 3. The van der Waals surface area contributed by atoms with Gasteiger partial charge in [0.15, 0.2) is 5.82 Å². The van der Waals surface area contributed by atoms with Crippen LogP contribution in [0.25, 0.3) is 26.4 Å². The fourth-order valence-electron chi connectivity index (χ4n) is 9.47. The molecule has 17 heteroatoms. The maximum Gasteiger partial charge on any atom is 0.243 e. The van der Waals surface area contributed by atoms with Gasteiger partial charge >= 0.3 is 0 Å². The predicted molar refractivity (Wildman–Crippen MR) is 280 cm³/mol. The van der Waals surface area contributed by atoms with Crippen LogP contribution in [0, 0.1) is 33.1 Å². The third-order valence-electron chi connectivity index (χ3n) is 13.3. The maximum absolute atomic E-state index is 13.8. The molecule has 7 aromatic rings. The molecule has 6 heterocycles. The van der Waals surface area contributed by atoms with E-state index in [1.54, 1.807) is 22.7 Å². The largest absolute Gasteiger partial charge is 0.461 e. The first-order chi connectivity index (χ1) is 33.9. The van der Waals surface area contributed by atoms with Crippen LogP contribution in [0.1, 0.15) is 95.5 Å². The summed E-state index contributed by atoms with van der Waals surface area (Å²) in [6.45, 7) is 19.4. The van der Waals surface area contributed by atoms with Crippen molar-refractivity contribution in [1.29, 1.82) is 0 Å². The molecule has 4 N–H and O–H groups in total. The monoisotopic (exact) mass is 1010 g/mol. The van der Waals surface area contributed by atoms with Crippen LogP contribution in [-0.2, 0) is 33.8 Å². The van der Waals surface area contributed by atoms with Crippen molar-refractivity contribution in [3.63, 3.8) is 0 Å². The van der Waals surface area contributed by atoms with E-state index in [1.807, 2.05) is 122 Å². The Balaban J connectivity index is 0.808. The van der Waals surface area contributed by atoms with Gasteiger partial charge in [-0.25, -0.2) is 4.98 Å². The molecule has 0 bridgehead atoms. The van der Waals surface area contributed by atoms with Crippen LogP contribution in [0.4, 0.5) is 0 Å². The molecule has 0 spiro atoms. The highest BCUT2D eigenvalue weighted by atomic mass is 35.5. The van der Waals surface area contributed by atoms with Gasteiger partial charge in [-0.05, 0) is 79.6 Å². The molecule has 4 aromatic heterocycles. The summed E-state index contributed by atoms with van der Waals surface area (Å²) in [6.07, 6.45) is 0.124. The van der Waals surface area contributed by atoms with Gasteiger partial charge in [-0.1, -0.05) is 87.5 Å². The van der Waals surface area contributed by atoms with E-state index in [2.05, 4.69) is 51.6 Å². The molecule has 3 aromatic carbocycles. The molecule has 0 radical (unpaired) electrons. The zero-order valence-electron chi connectivity index (χ0n) is 40.9. The number of nitrogens with zero attached hydrogens (tertiary/aromatic N) is 6. The highest BCUT2D eigenvalue weighted by Gasteiger charge is 2.41. The molecule has 2 aliphatic rings. The lowest BCUT2D eigenvalue weighted by Crippen LogP contribution is -2.52. The normalized spacial score (nSPS) is 17.1. The number of aliphatic imine (C=N–C) groups is 1. The number of hydrogen-bond acceptors (Lipinski definition) is 12. The summed E-state index contributed by atoms with van der Waals surface area (Å²) in [7, 11) is 0. The molecule has 368 valence electrons. The molecule has 1 saturated heterocycles. The Bertz CT molecular complexity index is 3180. The topological polar surface area (TPSA) is 180 Å². The molecule has 4 atom stereocenters. The Hall–Kier alpha value is -6.46. The average molecular weight is 1010 g/mol. The number of halogens is 1. The van der Waals surface area contributed by atoms with Crippen LogP contribution in [0.15, 0.2) is 100.0 Å². The second-order valence-corrected chi connectivity index (χ2v) is 22.1. The molecule has 0 aliphatic carbocycles. The summed E-state index contributed by atoms with van der Waals surface area (Å²) in [6, 6.07) is 21.5. The number of nitrogens with one attached hydrogen (secondary N) is 3. The Labute approximate surface area is 426 Å². The average Bonchev–Trinajstić information content (AvgIpc) is 4.16. The molecule has 2 aliphatic heterocycles. The van der Waals surface area contributed by atoms with Crippen molar-refractivity contribution < 1.29 is 23.9 Å². The number of thiophene rings is 1. The standard InChI is InChI=1S/C54H58ClN9O5S2/c1-29-32(4)71-53-47(29)48(36-15-17-39(55)18-16-36)59-42(51-62-61-33(5)64(51)53)25-45(66)56-20-19-41-23-38-14-11-35(21-44(38)69-41)22-46(67)60-50(54(6,7)8)31(3)63-27-40(65)24-43(63)52(68)57-26-34-9-12-37(13-10-34)49-30(2)58-28-70-49/h9-18,21,23,28,40,42-43,50,65H,3,19-20,22,24-27H2,1-2,4-8H3,(H,56,66)(H,57,68)(H,60,67)/t40-,42+,43+,50-/m1/s1. The van der Waals surface area contributed by atoms with E-state index < -0.39 is 29.6 Å². The number of thiazole rings is 1. The van der Waals surface area contributed by atoms with Crippen LogP contribution in [0.2, 0.25) is 5.02 Å². The maximum atomic E-state index is 13.8. The summed E-state index contributed by atoms with van der Waals surface area (Å²) in [4.78, 5) is 54.8. The van der Waals surface area contributed by atoms with E-state index in [-0.39, 0.29) is 43.5 Å². The quantitative estimate of drug-likeness (QED) is 0.0780. The zero-order valence-corrected chi connectivity index (χ0v) is 43.3. The number of carbonyl (C=O) groups excluding carboxylic acids is 3. The third-order valence-corrected chi connectivity index (χ3v) is 15.7. The van der Waals surface area contributed by atoms with E-state index in [1.165, 1.54) is 4.88 Å². The number of aryl methyl sites for hydroxylation is 3. The van der Waals surface area contributed by atoms with E-state index in [9.17, 15) is 19.5 Å². The first-order valence-corrected chi connectivity index (χ1v) is 25.8. The number of amides is 3. The van der Waals surface area contributed by atoms with Gasteiger partial charge in [0.1, 0.15) is 34.3 Å². The van der Waals surface area contributed by atoms with Crippen molar-refractivity contribution in [2.75, 3.05) is 13.1 Å². The van der Waals surface area contributed by atoms with Crippen molar-refractivity contribution in [3.8, 4) is 15.4 Å². The molecule has 0 unspecified atom stereocenters. The van der Waals surface area contributed by atoms with Gasteiger partial charge in [-0.2, -0.15) is 0 Å². The van der Waals surface area contributed by atoms with Crippen molar-refractivity contribution in [3.05, 3.63) is 151 Å².